The molecule has 0 radical (unpaired) electrons. The zero-order valence-electron chi connectivity index (χ0n) is 14.8. The van der Waals surface area contributed by atoms with Gasteiger partial charge in [-0.1, -0.05) is 41.6 Å². The summed E-state index contributed by atoms with van der Waals surface area (Å²) in [6, 6.07) is 15.7. The number of ether oxygens (including phenoxy) is 1. The van der Waals surface area contributed by atoms with Crippen molar-refractivity contribution in [3.8, 4) is 22.8 Å². The van der Waals surface area contributed by atoms with Gasteiger partial charge in [0, 0.05) is 11.3 Å². The van der Waals surface area contributed by atoms with Gasteiger partial charge in [-0.05, 0) is 38.1 Å². The maximum Gasteiger partial charge on any atom is 0.230 e. The van der Waals surface area contributed by atoms with Crippen molar-refractivity contribution in [1.29, 1.82) is 0 Å². The molecule has 2 aromatic carbocycles. The molecule has 134 valence electrons. The number of rotatable bonds is 6. The predicted octanol–water partition coefficient (Wildman–Crippen LogP) is 3.22. The number of nitrogens with zero attached hydrogens (tertiary/aromatic N) is 3. The molecule has 1 amide bonds. The molecular weight excluding hydrogens is 348 g/mol. The van der Waals surface area contributed by atoms with Crippen LogP contribution >= 0.6 is 11.8 Å². The number of hydrogen-bond acceptors (Lipinski definition) is 5. The van der Waals surface area contributed by atoms with E-state index < -0.39 is 11.2 Å². The Bertz CT molecular complexity index is 922. The molecule has 0 aliphatic heterocycles. The van der Waals surface area contributed by atoms with Gasteiger partial charge in [-0.25, -0.2) is 0 Å². The standard InChI is InChI=1S/C19H20N4O2S/c1-12-7-9-15(10-8-12)23-18(14-5-4-6-16(11-14)25-3)21-22-19(23)26-13(2)17(20)24/h4-11,13H,1-3H3,(H2,20,24)/t13-/m1/s1. The van der Waals surface area contributed by atoms with Crippen molar-refractivity contribution in [1.82, 2.24) is 14.8 Å². The zero-order chi connectivity index (χ0) is 18.7. The topological polar surface area (TPSA) is 83.0 Å². The summed E-state index contributed by atoms with van der Waals surface area (Å²) in [5.74, 6) is 1.02. The Kier molecular flexibility index (Phi) is 5.27. The van der Waals surface area contributed by atoms with E-state index in [-0.39, 0.29) is 0 Å². The highest BCUT2D eigenvalue weighted by Crippen LogP contribution is 2.31. The Labute approximate surface area is 156 Å². The molecule has 0 aliphatic carbocycles. The first kappa shape index (κ1) is 18.0. The van der Waals surface area contributed by atoms with Gasteiger partial charge in [0.05, 0.1) is 12.4 Å². The van der Waals surface area contributed by atoms with Gasteiger partial charge in [0.15, 0.2) is 11.0 Å². The van der Waals surface area contributed by atoms with E-state index in [1.54, 1.807) is 14.0 Å². The highest BCUT2D eigenvalue weighted by atomic mass is 32.2. The minimum atomic E-state index is -0.415. The number of nitrogens with two attached hydrogens (primary N) is 1. The molecule has 6 nitrogen and oxygen atoms in total. The van der Waals surface area contributed by atoms with Crippen LogP contribution in [-0.4, -0.2) is 33.0 Å². The van der Waals surface area contributed by atoms with E-state index in [9.17, 15) is 4.79 Å². The molecule has 1 aromatic heterocycles. The van der Waals surface area contributed by atoms with Crippen LogP contribution in [0.4, 0.5) is 0 Å². The van der Waals surface area contributed by atoms with Crippen LogP contribution in [0.3, 0.4) is 0 Å². The van der Waals surface area contributed by atoms with Gasteiger partial charge in [0.1, 0.15) is 5.75 Å². The van der Waals surface area contributed by atoms with Crippen molar-refractivity contribution in [3.05, 3.63) is 54.1 Å². The lowest BCUT2D eigenvalue weighted by Gasteiger charge is -2.12. The third-order valence-corrected chi connectivity index (χ3v) is 5.00. The minimum absolute atomic E-state index is 0.392. The van der Waals surface area contributed by atoms with Gasteiger partial charge >= 0.3 is 0 Å². The summed E-state index contributed by atoms with van der Waals surface area (Å²) in [6.07, 6.45) is 0. The molecule has 0 spiro atoms. The summed E-state index contributed by atoms with van der Waals surface area (Å²) >= 11 is 1.29. The van der Waals surface area contributed by atoms with E-state index in [1.807, 2.05) is 60.0 Å². The maximum absolute atomic E-state index is 11.5. The maximum atomic E-state index is 11.5. The lowest BCUT2D eigenvalue weighted by atomic mass is 10.2. The van der Waals surface area contributed by atoms with Crippen LogP contribution in [0.2, 0.25) is 0 Å². The van der Waals surface area contributed by atoms with Gasteiger partial charge in [0.2, 0.25) is 5.91 Å². The van der Waals surface area contributed by atoms with Crippen LogP contribution in [0.25, 0.3) is 17.1 Å². The van der Waals surface area contributed by atoms with Crippen molar-refractivity contribution in [3.63, 3.8) is 0 Å². The Hall–Kier alpha value is -2.80. The number of aromatic nitrogens is 3. The van der Waals surface area contributed by atoms with Gasteiger partial charge in [0.25, 0.3) is 0 Å². The van der Waals surface area contributed by atoms with E-state index >= 15 is 0 Å². The number of amides is 1. The van der Waals surface area contributed by atoms with Gasteiger partial charge < -0.3 is 10.5 Å². The molecule has 0 unspecified atom stereocenters. The van der Waals surface area contributed by atoms with Crippen molar-refractivity contribution in [2.24, 2.45) is 5.73 Å². The molecule has 3 aromatic rings. The van der Waals surface area contributed by atoms with Gasteiger partial charge in [-0.2, -0.15) is 0 Å². The Morgan fingerprint density at radius 3 is 2.58 bits per heavy atom. The smallest absolute Gasteiger partial charge is 0.230 e. The van der Waals surface area contributed by atoms with E-state index in [0.29, 0.717) is 11.0 Å². The SMILES string of the molecule is COc1cccc(-c2nnc(S[C@H](C)C(N)=O)n2-c2ccc(C)cc2)c1. The minimum Gasteiger partial charge on any atom is -0.497 e. The molecule has 7 heteroatoms. The fraction of sp³-hybridized carbons (Fsp3) is 0.211. The van der Waals surface area contributed by atoms with Crippen LogP contribution < -0.4 is 10.5 Å². The Morgan fingerprint density at radius 2 is 1.92 bits per heavy atom. The van der Waals surface area contributed by atoms with Crippen molar-refractivity contribution in [2.75, 3.05) is 7.11 Å². The third kappa shape index (κ3) is 3.72. The van der Waals surface area contributed by atoms with E-state index in [2.05, 4.69) is 10.2 Å². The number of carbonyl (C=O) groups excluding carboxylic acids is 1. The third-order valence-electron chi connectivity index (χ3n) is 3.94. The first-order chi connectivity index (χ1) is 12.5. The molecule has 0 fully saturated rings. The summed E-state index contributed by atoms with van der Waals surface area (Å²) in [5, 5.41) is 8.85. The van der Waals surface area contributed by atoms with Gasteiger partial charge in [-0.3, -0.25) is 9.36 Å². The zero-order valence-corrected chi connectivity index (χ0v) is 15.7. The Balaban J connectivity index is 2.13. The van der Waals surface area contributed by atoms with Crippen molar-refractivity contribution in [2.45, 2.75) is 24.3 Å². The lowest BCUT2D eigenvalue weighted by molar-refractivity contribution is -0.117. The molecule has 0 saturated carbocycles. The van der Waals surface area contributed by atoms with E-state index in [1.165, 1.54) is 11.8 Å². The number of aryl methyl sites for hydroxylation is 1. The van der Waals surface area contributed by atoms with Gasteiger partial charge in [-0.15, -0.1) is 10.2 Å². The second-order valence-corrected chi connectivity index (χ2v) is 7.18. The fourth-order valence-electron chi connectivity index (χ4n) is 2.44. The summed E-state index contributed by atoms with van der Waals surface area (Å²) in [5.41, 5.74) is 8.36. The highest BCUT2D eigenvalue weighted by Gasteiger charge is 2.20. The monoisotopic (exact) mass is 368 g/mol. The van der Waals surface area contributed by atoms with E-state index in [0.717, 1.165) is 22.6 Å². The second-order valence-electron chi connectivity index (χ2n) is 5.87. The summed E-state index contributed by atoms with van der Waals surface area (Å²) in [6.45, 7) is 3.79. The molecular formula is C19H20N4O2S. The van der Waals surface area contributed by atoms with Crippen LogP contribution in [0.15, 0.2) is 53.7 Å². The van der Waals surface area contributed by atoms with Crippen LogP contribution in [0.5, 0.6) is 5.75 Å². The average molecular weight is 368 g/mol. The normalized spacial score (nSPS) is 12.0. The van der Waals surface area contributed by atoms with Crippen LogP contribution in [0, 0.1) is 6.92 Å². The lowest BCUT2D eigenvalue weighted by Crippen LogP contribution is -2.23. The number of benzene rings is 2. The molecule has 3 rings (SSSR count). The highest BCUT2D eigenvalue weighted by molar-refractivity contribution is 8.00. The molecule has 0 aliphatic rings. The quantitative estimate of drug-likeness (QED) is 0.676. The summed E-state index contributed by atoms with van der Waals surface area (Å²) < 4.78 is 7.25. The number of primary amides is 1. The molecule has 1 heterocycles. The largest absolute Gasteiger partial charge is 0.497 e. The molecule has 2 N–H and O–H groups in total. The predicted molar refractivity (Wildman–Crippen MR) is 103 cm³/mol. The fourth-order valence-corrected chi connectivity index (χ4v) is 3.26. The summed E-state index contributed by atoms with van der Waals surface area (Å²) in [4.78, 5) is 11.5. The number of thioether (sulfide) groups is 1. The Morgan fingerprint density at radius 1 is 1.19 bits per heavy atom. The van der Waals surface area contributed by atoms with Crippen LogP contribution in [-0.2, 0) is 4.79 Å². The van der Waals surface area contributed by atoms with Crippen molar-refractivity contribution >= 4 is 17.7 Å². The van der Waals surface area contributed by atoms with Crippen LogP contribution in [0.1, 0.15) is 12.5 Å². The molecule has 26 heavy (non-hydrogen) atoms. The second kappa shape index (κ2) is 7.61. The molecule has 0 bridgehead atoms. The average Bonchev–Trinajstić information content (AvgIpc) is 3.06. The number of carbonyl (C=O) groups is 1. The van der Waals surface area contributed by atoms with E-state index in [4.69, 9.17) is 10.5 Å². The van der Waals surface area contributed by atoms with Crippen molar-refractivity contribution < 1.29 is 9.53 Å². The molecule has 1 atom stereocenters. The first-order valence-electron chi connectivity index (χ1n) is 8.12. The summed E-state index contributed by atoms with van der Waals surface area (Å²) in [7, 11) is 1.62. The number of methoxy groups -OCH3 is 1. The number of hydrogen-bond donors (Lipinski definition) is 1. The molecule has 0 saturated heterocycles. The first-order valence-corrected chi connectivity index (χ1v) is 9.00.